The third-order valence-electron chi connectivity index (χ3n) is 4.71. The van der Waals surface area contributed by atoms with Gasteiger partial charge in [0.05, 0.1) is 12.2 Å². The number of aromatic nitrogens is 4. The third kappa shape index (κ3) is 4.10. The zero-order valence-electron chi connectivity index (χ0n) is 15.1. The summed E-state index contributed by atoms with van der Waals surface area (Å²) < 4.78 is 3.19. The number of hydrogen-bond acceptors (Lipinski definition) is 5. The second-order valence-corrected chi connectivity index (χ2v) is 6.57. The first kappa shape index (κ1) is 18.1. The number of carboxylic acid groups (broad SMARTS) is 1. The van der Waals surface area contributed by atoms with E-state index in [9.17, 15) is 9.59 Å². The van der Waals surface area contributed by atoms with Crippen LogP contribution in [-0.2, 0) is 24.9 Å². The lowest BCUT2D eigenvalue weighted by molar-refractivity contribution is -0.133. The molecular formula is C17H24N6O3. The summed E-state index contributed by atoms with van der Waals surface area (Å²) in [6.07, 6.45) is 3.73. The Morgan fingerprint density at radius 3 is 2.58 bits per heavy atom. The van der Waals surface area contributed by atoms with Gasteiger partial charge in [-0.2, -0.15) is 10.2 Å². The molecule has 9 heteroatoms. The first-order valence-corrected chi connectivity index (χ1v) is 8.68. The van der Waals surface area contributed by atoms with E-state index in [1.807, 2.05) is 29.7 Å². The first-order valence-electron chi connectivity index (χ1n) is 8.68. The molecule has 1 fully saturated rings. The predicted octanol–water partition coefficient (Wildman–Crippen LogP) is 0.358. The Bertz CT molecular complexity index is 788. The Labute approximate surface area is 151 Å². The van der Waals surface area contributed by atoms with E-state index >= 15 is 0 Å². The number of carbonyl (C=O) groups is 2. The molecule has 3 rings (SSSR count). The van der Waals surface area contributed by atoms with E-state index in [1.54, 1.807) is 0 Å². The summed E-state index contributed by atoms with van der Waals surface area (Å²) in [4.78, 5) is 27.6. The Hall–Kier alpha value is -2.68. The van der Waals surface area contributed by atoms with Crippen LogP contribution in [0.4, 0.5) is 0 Å². The second-order valence-electron chi connectivity index (χ2n) is 6.57. The molecule has 0 saturated carbocycles. The molecule has 9 nitrogen and oxygen atoms in total. The number of rotatable bonds is 6. The van der Waals surface area contributed by atoms with Crippen molar-refractivity contribution in [3.63, 3.8) is 0 Å². The van der Waals surface area contributed by atoms with Crippen LogP contribution in [0, 0.1) is 6.92 Å². The van der Waals surface area contributed by atoms with E-state index in [1.165, 1.54) is 22.5 Å². The maximum absolute atomic E-state index is 12.4. The van der Waals surface area contributed by atoms with E-state index in [-0.39, 0.29) is 24.6 Å². The van der Waals surface area contributed by atoms with E-state index in [2.05, 4.69) is 15.1 Å². The maximum atomic E-state index is 12.4. The number of hydrogen-bond donors (Lipinski definition) is 1. The topological polar surface area (TPSA) is 96.5 Å². The molecule has 3 heterocycles. The lowest BCUT2D eigenvalue weighted by Gasteiger charge is -2.34. The minimum Gasteiger partial charge on any atom is -0.477 e. The van der Waals surface area contributed by atoms with Crippen LogP contribution in [-0.4, -0.2) is 72.5 Å². The van der Waals surface area contributed by atoms with E-state index in [4.69, 9.17) is 5.11 Å². The van der Waals surface area contributed by atoms with Crippen LogP contribution in [0.5, 0.6) is 0 Å². The van der Waals surface area contributed by atoms with Crippen molar-refractivity contribution in [2.75, 3.05) is 26.2 Å². The molecule has 140 valence electrons. The first-order chi connectivity index (χ1) is 12.4. The van der Waals surface area contributed by atoms with Gasteiger partial charge in [-0.3, -0.25) is 19.1 Å². The normalized spacial score (nSPS) is 15.4. The number of piperazine rings is 1. The summed E-state index contributed by atoms with van der Waals surface area (Å²) >= 11 is 0. The highest BCUT2D eigenvalue weighted by molar-refractivity contribution is 5.85. The van der Waals surface area contributed by atoms with Gasteiger partial charge in [0, 0.05) is 64.1 Å². The molecule has 0 bridgehead atoms. The molecule has 1 aliphatic rings. The van der Waals surface area contributed by atoms with Gasteiger partial charge in [0.1, 0.15) is 5.69 Å². The summed E-state index contributed by atoms with van der Waals surface area (Å²) in [5, 5.41) is 17.4. The molecule has 0 aliphatic carbocycles. The number of amides is 1. The molecule has 26 heavy (non-hydrogen) atoms. The smallest absolute Gasteiger partial charge is 0.354 e. The Kier molecular flexibility index (Phi) is 5.36. The molecule has 1 N–H and O–H groups in total. The fourth-order valence-electron chi connectivity index (χ4n) is 3.25. The molecule has 0 unspecified atom stereocenters. The molecular weight excluding hydrogens is 336 g/mol. The van der Waals surface area contributed by atoms with Crippen molar-refractivity contribution in [3.05, 3.63) is 35.4 Å². The number of aromatic carboxylic acids is 1. The fourth-order valence-corrected chi connectivity index (χ4v) is 3.25. The Balaban J connectivity index is 1.47. The van der Waals surface area contributed by atoms with Gasteiger partial charge in [-0.25, -0.2) is 4.79 Å². The van der Waals surface area contributed by atoms with E-state index in [0.717, 1.165) is 25.3 Å². The zero-order valence-corrected chi connectivity index (χ0v) is 15.1. The number of carbonyl (C=O) groups excluding carboxylic acids is 1. The van der Waals surface area contributed by atoms with Gasteiger partial charge >= 0.3 is 5.97 Å². The monoisotopic (exact) mass is 360 g/mol. The summed E-state index contributed by atoms with van der Waals surface area (Å²) in [5.74, 6) is -0.997. The average molecular weight is 360 g/mol. The SMILES string of the molecule is Cc1nn(C)cc1CN1CCN(C(=O)CCn2nccc2C(=O)O)CC1. The van der Waals surface area contributed by atoms with Gasteiger partial charge in [0.15, 0.2) is 0 Å². The highest BCUT2D eigenvalue weighted by Gasteiger charge is 2.22. The minimum atomic E-state index is -1.03. The Morgan fingerprint density at radius 2 is 1.96 bits per heavy atom. The van der Waals surface area contributed by atoms with Crippen LogP contribution >= 0.6 is 0 Å². The van der Waals surface area contributed by atoms with Crippen molar-refractivity contribution in [3.8, 4) is 0 Å². The van der Waals surface area contributed by atoms with Crippen molar-refractivity contribution < 1.29 is 14.7 Å². The van der Waals surface area contributed by atoms with Crippen LogP contribution in [0.2, 0.25) is 0 Å². The molecule has 0 radical (unpaired) electrons. The predicted molar refractivity (Wildman–Crippen MR) is 93.6 cm³/mol. The molecule has 0 atom stereocenters. The van der Waals surface area contributed by atoms with Crippen LogP contribution in [0.3, 0.4) is 0 Å². The molecule has 0 aromatic carbocycles. The maximum Gasteiger partial charge on any atom is 0.354 e. The average Bonchev–Trinajstić information content (AvgIpc) is 3.20. The lowest BCUT2D eigenvalue weighted by Crippen LogP contribution is -2.48. The number of aryl methyl sites for hydroxylation is 3. The van der Waals surface area contributed by atoms with E-state index < -0.39 is 5.97 Å². The van der Waals surface area contributed by atoms with Gasteiger partial charge in [-0.15, -0.1) is 0 Å². The molecule has 2 aromatic rings. The van der Waals surface area contributed by atoms with E-state index in [0.29, 0.717) is 13.1 Å². The summed E-state index contributed by atoms with van der Waals surface area (Å²) in [5.41, 5.74) is 2.36. The Morgan fingerprint density at radius 1 is 1.23 bits per heavy atom. The highest BCUT2D eigenvalue weighted by Crippen LogP contribution is 2.12. The van der Waals surface area contributed by atoms with Gasteiger partial charge in [0.2, 0.25) is 5.91 Å². The second kappa shape index (κ2) is 7.69. The summed E-state index contributed by atoms with van der Waals surface area (Å²) in [7, 11) is 1.92. The van der Waals surface area contributed by atoms with Gasteiger partial charge in [-0.1, -0.05) is 0 Å². The fraction of sp³-hybridized carbons (Fsp3) is 0.529. The zero-order chi connectivity index (χ0) is 18.7. The molecule has 1 amide bonds. The lowest BCUT2D eigenvalue weighted by atomic mass is 10.2. The van der Waals surface area contributed by atoms with Crippen molar-refractivity contribution in [1.82, 2.24) is 29.4 Å². The van der Waals surface area contributed by atoms with Gasteiger partial charge in [-0.05, 0) is 13.0 Å². The highest BCUT2D eigenvalue weighted by atomic mass is 16.4. The van der Waals surface area contributed by atoms with Crippen molar-refractivity contribution in [2.24, 2.45) is 7.05 Å². The number of carboxylic acids is 1. The van der Waals surface area contributed by atoms with Gasteiger partial charge in [0.25, 0.3) is 0 Å². The largest absolute Gasteiger partial charge is 0.477 e. The van der Waals surface area contributed by atoms with Crippen LogP contribution < -0.4 is 0 Å². The van der Waals surface area contributed by atoms with Crippen LogP contribution in [0.1, 0.15) is 28.2 Å². The number of nitrogens with zero attached hydrogens (tertiary/aromatic N) is 6. The molecule has 1 aliphatic heterocycles. The summed E-state index contributed by atoms with van der Waals surface area (Å²) in [6.45, 7) is 6.14. The molecule has 1 saturated heterocycles. The van der Waals surface area contributed by atoms with Crippen molar-refractivity contribution in [2.45, 2.75) is 26.4 Å². The summed E-state index contributed by atoms with van der Waals surface area (Å²) in [6, 6.07) is 1.44. The van der Waals surface area contributed by atoms with Gasteiger partial charge < -0.3 is 10.0 Å². The standard InChI is InChI=1S/C17H24N6O3/c1-13-14(11-20(2)19-13)12-21-7-9-22(10-8-21)16(24)4-6-23-15(17(25)26)3-5-18-23/h3,5,11H,4,6-10,12H2,1-2H3,(H,25,26). The third-order valence-corrected chi connectivity index (χ3v) is 4.71. The molecule has 0 spiro atoms. The van der Waals surface area contributed by atoms with Crippen LogP contribution in [0.15, 0.2) is 18.5 Å². The van der Waals surface area contributed by atoms with Crippen LogP contribution in [0.25, 0.3) is 0 Å². The minimum absolute atomic E-state index is 0.0362. The van der Waals surface area contributed by atoms with Crippen molar-refractivity contribution >= 4 is 11.9 Å². The van der Waals surface area contributed by atoms with Crippen molar-refractivity contribution in [1.29, 1.82) is 0 Å². The molecule has 2 aromatic heterocycles. The quantitative estimate of drug-likeness (QED) is 0.799.